The topological polar surface area (TPSA) is 70.8 Å². The summed E-state index contributed by atoms with van der Waals surface area (Å²) in [5.74, 6) is 1.51. The lowest BCUT2D eigenvalue weighted by molar-refractivity contribution is 0.210. The maximum atomic E-state index is 8.68. The van der Waals surface area contributed by atoms with Crippen LogP contribution in [0, 0.1) is 18.3 Å². The van der Waals surface area contributed by atoms with E-state index in [1.807, 2.05) is 37.3 Å². The molecule has 0 spiro atoms. The molecule has 0 saturated carbocycles. The molecular weight excluding hydrogens is 264 g/mol. The lowest BCUT2D eigenvalue weighted by Gasteiger charge is -2.18. The van der Waals surface area contributed by atoms with Crippen LogP contribution in [-0.2, 0) is 0 Å². The zero-order chi connectivity index (χ0) is 15.1. The van der Waals surface area contributed by atoms with Gasteiger partial charge < -0.3 is 10.1 Å². The lowest BCUT2D eigenvalue weighted by atomic mass is 10.2. The number of nitrogens with zero attached hydrogens (tertiary/aromatic N) is 3. The Labute approximate surface area is 124 Å². The van der Waals surface area contributed by atoms with Gasteiger partial charge in [-0.2, -0.15) is 5.26 Å². The van der Waals surface area contributed by atoms with Crippen LogP contribution in [0.15, 0.2) is 36.7 Å². The second-order valence-electron chi connectivity index (χ2n) is 4.74. The minimum Gasteiger partial charge on any atom is -0.489 e. The molecule has 5 heteroatoms. The van der Waals surface area contributed by atoms with Crippen molar-refractivity contribution >= 4 is 5.82 Å². The van der Waals surface area contributed by atoms with Gasteiger partial charge in [-0.3, -0.25) is 0 Å². The Balaban J connectivity index is 1.91. The summed E-state index contributed by atoms with van der Waals surface area (Å²) in [6, 6.07) is 9.94. The molecule has 0 aliphatic carbocycles. The SMILES string of the molecule is CCC(CNc1cnc(C#N)cn1)Oc1cccc(C)c1. The van der Waals surface area contributed by atoms with E-state index >= 15 is 0 Å². The first-order valence-electron chi connectivity index (χ1n) is 6.90. The molecule has 1 aromatic heterocycles. The van der Waals surface area contributed by atoms with Gasteiger partial charge in [-0.25, -0.2) is 9.97 Å². The fraction of sp³-hybridized carbons (Fsp3) is 0.312. The minimum absolute atomic E-state index is 0.0456. The highest BCUT2D eigenvalue weighted by Crippen LogP contribution is 2.15. The summed E-state index contributed by atoms with van der Waals surface area (Å²) in [5.41, 5.74) is 1.48. The quantitative estimate of drug-likeness (QED) is 0.882. The highest BCUT2D eigenvalue weighted by Gasteiger charge is 2.08. The van der Waals surface area contributed by atoms with Gasteiger partial charge >= 0.3 is 0 Å². The Morgan fingerprint density at radius 1 is 1.33 bits per heavy atom. The summed E-state index contributed by atoms with van der Waals surface area (Å²) in [5, 5.41) is 11.9. The van der Waals surface area contributed by atoms with Crippen molar-refractivity contribution in [3.63, 3.8) is 0 Å². The second kappa shape index (κ2) is 7.25. The molecule has 1 atom stereocenters. The Morgan fingerprint density at radius 2 is 2.19 bits per heavy atom. The fourth-order valence-electron chi connectivity index (χ4n) is 1.85. The minimum atomic E-state index is 0.0456. The van der Waals surface area contributed by atoms with Crippen molar-refractivity contribution in [2.45, 2.75) is 26.4 Å². The number of aromatic nitrogens is 2. The fourth-order valence-corrected chi connectivity index (χ4v) is 1.85. The van der Waals surface area contributed by atoms with E-state index in [-0.39, 0.29) is 6.10 Å². The van der Waals surface area contributed by atoms with Crippen LogP contribution in [-0.4, -0.2) is 22.6 Å². The molecule has 108 valence electrons. The van der Waals surface area contributed by atoms with Crippen LogP contribution in [0.25, 0.3) is 0 Å². The first-order chi connectivity index (χ1) is 10.2. The standard InChI is InChI=1S/C16H18N4O/c1-3-14(21-15-6-4-5-12(2)7-15)10-20-16-11-18-13(8-17)9-19-16/h4-7,9,11,14H,3,10H2,1-2H3,(H,19,20). The third-order valence-electron chi connectivity index (χ3n) is 3.02. The van der Waals surface area contributed by atoms with E-state index in [1.165, 1.54) is 11.8 Å². The Hall–Kier alpha value is -2.61. The van der Waals surface area contributed by atoms with Gasteiger partial charge in [0.25, 0.3) is 0 Å². The van der Waals surface area contributed by atoms with Crippen molar-refractivity contribution in [1.29, 1.82) is 5.26 Å². The zero-order valence-corrected chi connectivity index (χ0v) is 12.2. The number of anilines is 1. The van der Waals surface area contributed by atoms with Gasteiger partial charge in [0, 0.05) is 0 Å². The number of nitrogens with one attached hydrogen (secondary N) is 1. The number of hydrogen-bond acceptors (Lipinski definition) is 5. The number of benzene rings is 1. The molecule has 1 aromatic carbocycles. The molecule has 2 rings (SSSR count). The van der Waals surface area contributed by atoms with Gasteiger partial charge in [-0.05, 0) is 31.0 Å². The molecule has 0 aliphatic heterocycles. The predicted molar refractivity (Wildman–Crippen MR) is 81.1 cm³/mol. The van der Waals surface area contributed by atoms with Gasteiger partial charge in [0.2, 0.25) is 0 Å². The third kappa shape index (κ3) is 4.46. The highest BCUT2D eigenvalue weighted by molar-refractivity contribution is 5.33. The molecule has 0 saturated heterocycles. The van der Waals surface area contributed by atoms with E-state index in [1.54, 1.807) is 6.20 Å². The molecule has 1 unspecified atom stereocenters. The highest BCUT2D eigenvalue weighted by atomic mass is 16.5. The van der Waals surface area contributed by atoms with E-state index in [0.717, 1.165) is 12.2 Å². The normalized spacial score (nSPS) is 11.5. The first kappa shape index (κ1) is 14.8. The molecule has 0 bridgehead atoms. The first-order valence-corrected chi connectivity index (χ1v) is 6.90. The van der Waals surface area contributed by atoms with E-state index in [4.69, 9.17) is 10.00 Å². The van der Waals surface area contributed by atoms with Crippen LogP contribution in [0.4, 0.5) is 5.82 Å². The van der Waals surface area contributed by atoms with E-state index in [0.29, 0.717) is 18.1 Å². The summed E-state index contributed by atoms with van der Waals surface area (Å²) < 4.78 is 5.95. The van der Waals surface area contributed by atoms with Crippen LogP contribution >= 0.6 is 0 Å². The van der Waals surface area contributed by atoms with Gasteiger partial charge in [0.05, 0.1) is 18.9 Å². The summed E-state index contributed by atoms with van der Waals surface area (Å²) in [4.78, 5) is 8.09. The number of rotatable bonds is 6. The van der Waals surface area contributed by atoms with Crippen LogP contribution < -0.4 is 10.1 Å². The van der Waals surface area contributed by atoms with E-state index in [2.05, 4.69) is 22.2 Å². The predicted octanol–water partition coefficient (Wildman–Crippen LogP) is 2.93. The lowest BCUT2D eigenvalue weighted by Crippen LogP contribution is -2.25. The summed E-state index contributed by atoms with van der Waals surface area (Å²) >= 11 is 0. The van der Waals surface area contributed by atoms with Crippen LogP contribution in [0.3, 0.4) is 0 Å². The van der Waals surface area contributed by atoms with E-state index in [9.17, 15) is 0 Å². The van der Waals surface area contributed by atoms with Crippen molar-refractivity contribution in [3.05, 3.63) is 47.9 Å². The number of aryl methyl sites for hydroxylation is 1. The summed E-state index contributed by atoms with van der Waals surface area (Å²) in [6.45, 7) is 4.75. The van der Waals surface area contributed by atoms with Gasteiger partial charge in [-0.1, -0.05) is 19.1 Å². The Kier molecular flexibility index (Phi) is 5.10. The average molecular weight is 282 g/mol. The molecule has 0 fully saturated rings. The van der Waals surface area contributed by atoms with Crippen molar-refractivity contribution < 1.29 is 4.74 Å². The number of nitriles is 1. The van der Waals surface area contributed by atoms with Crippen molar-refractivity contribution in [2.75, 3.05) is 11.9 Å². The van der Waals surface area contributed by atoms with Crippen molar-refractivity contribution in [1.82, 2.24) is 9.97 Å². The molecular formula is C16H18N4O. The average Bonchev–Trinajstić information content (AvgIpc) is 2.52. The largest absolute Gasteiger partial charge is 0.489 e. The maximum Gasteiger partial charge on any atom is 0.158 e. The van der Waals surface area contributed by atoms with Crippen LogP contribution in [0.5, 0.6) is 5.75 Å². The van der Waals surface area contributed by atoms with Crippen molar-refractivity contribution in [3.8, 4) is 11.8 Å². The molecule has 1 heterocycles. The van der Waals surface area contributed by atoms with Crippen LogP contribution in [0.2, 0.25) is 0 Å². The molecule has 1 N–H and O–H groups in total. The molecule has 2 aromatic rings. The number of hydrogen-bond donors (Lipinski definition) is 1. The zero-order valence-electron chi connectivity index (χ0n) is 12.2. The van der Waals surface area contributed by atoms with Gasteiger partial charge in [-0.15, -0.1) is 0 Å². The van der Waals surface area contributed by atoms with Gasteiger partial charge in [0.1, 0.15) is 23.7 Å². The molecule has 0 radical (unpaired) electrons. The second-order valence-corrected chi connectivity index (χ2v) is 4.74. The molecule has 0 aliphatic rings. The summed E-state index contributed by atoms with van der Waals surface area (Å²) in [7, 11) is 0. The Morgan fingerprint density at radius 3 is 2.81 bits per heavy atom. The molecule has 0 amide bonds. The van der Waals surface area contributed by atoms with E-state index < -0.39 is 0 Å². The van der Waals surface area contributed by atoms with Crippen LogP contribution in [0.1, 0.15) is 24.6 Å². The van der Waals surface area contributed by atoms with Gasteiger partial charge in [0.15, 0.2) is 5.69 Å². The smallest absolute Gasteiger partial charge is 0.158 e. The Bertz CT molecular complexity index is 619. The summed E-state index contributed by atoms with van der Waals surface area (Å²) in [6.07, 6.45) is 3.93. The molecule has 5 nitrogen and oxygen atoms in total. The monoisotopic (exact) mass is 282 g/mol. The van der Waals surface area contributed by atoms with Crippen molar-refractivity contribution in [2.24, 2.45) is 0 Å². The maximum absolute atomic E-state index is 8.68. The molecule has 21 heavy (non-hydrogen) atoms. The third-order valence-corrected chi connectivity index (χ3v) is 3.02. The number of ether oxygens (including phenoxy) is 1.